The molecule has 0 aromatic rings. The van der Waals surface area contributed by atoms with E-state index < -0.39 is 24.3 Å². The van der Waals surface area contributed by atoms with Crippen LogP contribution in [-0.2, 0) is 33.3 Å². The lowest BCUT2D eigenvalue weighted by Crippen LogP contribution is -2.44. The molecule has 93 heavy (non-hydrogen) atoms. The van der Waals surface area contributed by atoms with Crippen LogP contribution >= 0.6 is 0 Å². The Labute approximate surface area is 578 Å². The van der Waals surface area contributed by atoms with Crippen LogP contribution < -0.4 is 5.11 Å². The minimum atomic E-state index is -1.62. The van der Waals surface area contributed by atoms with Crippen LogP contribution in [0.5, 0.6) is 0 Å². The summed E-state index contributed by atoms with van der Waals surface area (Å²) in [6, 6.07) is 0. The maximum atomic E-state index is 13.0. The van der Waals surface area contributed by atoms with Crippen molar-refractivity contribution in [1.29, 1.82) is 0 Å². The Balaban J connectivity index is 3.93. The topological polar surface area (TPSA) is 111 Å². The number of carbonyl (C=O) groups is 3. The van der Waals surface area contributed by atoms with Gasteiger partial charge in [-0.25, -0.2) is 0 Å². The summed E-state index contributed by atoms with van der Waals surface area (Å²) in [7, 11) is 5.95. The molecule has 0 spiro atoms. The van der Waals surface area contributed by atoms with Crippen LogP contribution in [0.4, 0.5) is 0 Å². The zero-order valence-corrected chi connectivity index (χ0v) is 62.7. The molecule has 0 rings (SSSR count). The second kappa shape index (κ2) is 75.0. The molecular formula is C84H157NO8. The van der Waals surface area contributed by atoms with Gasteiger partial charge in [-0.1, -0.05) is 396 Å². The quantitative estimate of drug-likeness (QED) is 0.0195. The minimum Gasteiger partial charge on any atom is -0.545 e. The highest BCUT2D eigenvalue weighted by atomic mass is 16.7. The second-order valence-corrected chi connectivity index (χ2v) is 29.0. The number of aliphatic carboxylic acids is 1. The number of hydrogen-bond acceptors (Lipinski definition) is 8. The molecule has 9 heteroatoms. The average molecular weight is 1310 g/mol. The van der Waals surface area contributed by atoms with Gasteiger partial charge in [0, 0.05) is 12.8 Å². The van der Waals surface area contributed by atoms with Gasteiger partial charge < -0.3 is 33.3 Å². The van der Waals surface area contributed by atoms with Gasteiger partial charge in [0.15, 0.2) is 12.4 Å². The van der Waals surface area contributed by atoms with Crippen molar-refractivity contribution in [3.05, 3.63) is 48.6 Å². The lowest BCUT2D eigenvalue weighted by Gasteiger charge is -2.26. The molecule has 546 valence electrons. The van der Waals surface area contributed by atoms with Gasteiger partial charge in [0.25, 0.3) is 0 Å². The van der Waals surface area contributed by atoms with Gasteiger partial charge in [-0.2, -0.15) is 0 Å². The maximum absolute atomic E-state index is 13.0. The molecule has 0 radical (unpaired) electrons. The molecule has 0 aromatic heterocycles. The third-order valence-electron chi connectivity index (χ3n) is 18.6. The molecule has 9 nitrogen and oxygen atoms in total. The van der Waals surface area contributed by atoms with Crippen LogP contribution in [0.1, 0.15) is 412 Å². The second-order valence-electron chi connectivity index (χ2n) is 29.0. The molecule has 0 bridgehead atoms. The van der Waals surface area contributed by atoms with Gasteiger partial charge >= 0.3 is 11.9 Å². The Kier molecular flexibility index (Phi) is 72.8. The predicted octanol–water partition coefficient (Wildman–Crippen LogP) is 24.7. The largest absolute Gasteiger partial charge is 0.545 e. The number of allylic oxidation sites excluding steroid dienone is 8. The predicted molar refractivity (Wildman–Crippen MR) is 399 cm³/mol. The molecule has 2 atom stereocenters. The lowest BCUT2D eigenvalue weighted by atomic mass is 10.0. The number of hydrogen-bond donors (Lipinski definition) is 0. The number of quaternary nitrogens is 1. The van der Waals surface area contributed by atoms with E-state index in [0.29, 0.717) is 23.9 Å². The monoisotopic (exact) mass is 1310 g/mol. The van der Waals surface area contributed by atoms with Crippen molar-refractivity contribution >= 4 is 17.9 Å². The summed E-state index contributed by atoms with van der Waals surface area (Å²) in [5.74, 6) is -2.25. The molecule has 0 saturated carbocycles. The minimum absolute atomic E-state index is 0.150. The van der Waals surface area contributed by atoms with Crippen molar-refractivity contribution in [2.24, 2.45) is 0 Å². The lowest BCUT2D eigenvalue weighted by molar-refractivity contribution is -0.870. The molecule has 0 amide bonds. The van der Waals surface area contributed by atoms with Crippen molar-refractivity contribution in [3.8, 4) is 0 Å². The summed E-state index contributed by atoms with van der Waals surface area (Å²) >= 11 is 0. The molecule has 0 aliphatic rings. The molecule has 0 aliphatic carbocycles. The van der Waals surface area contributed by atoms with Crippen LogP contribution in [0.15, 0.2) is 48.6 Å². The van der Waals surface area contributed by atoms with Gasteiger partial charge in [0.1, 0.15) is 13.2 Å². The molecule has 0 fully saturated rings. The van der Waals surface area contributed by atoms with Crippen molar-refractivity contribution in [3.63, 3.8) is 0 Å². The van der Waals surface area contributed by atoms with Crippen LogP contribution in [0, 0.1) is 0 Å². The van der Waals surface area contributed by atoms with Crippen LogP contribution in [0.3, 0.4) is 0 Å². The van der Waals surface area contributed by atoms with Gasteiger partial charge in [-0.3, -0.25) is 9.59 Å². The summed E-state index contributed by atoms with van der Waals surface area (Å²) in [6.07, 6.45) is 95.4. The Morgan fingerprint density at radius 1 is 0.333 bits per heavy atom. The Bertz CT molecular complexity index is 1670. The Morgan fingerprint density at radius 3 is 0.914 bits per heavy atom. The molecular weight excluding hydrogens is 1150 g/mol. The molecule has 0 aromatic carbocycles. The number of unbranched alkanes of at least 4 members (excludes halogenated alkanes) is 54. The summed E-state index contributed by atoms with van der Waals surface area (Å²) in [5.41, 5.74) is 0. The highest BCUT2D eigenvalue weighted by Crippen LogP contribution is 2.20. The first kappa shape index (κ1) is 90.2. The number of carbonyl (C=O) groups excluding carboxylic acids is 3. The fraction of sp³-hybridized carbons (Fsp3) is 0.869. The third kappa shape index (κ3) is 76.5. The SMILES string of the molecule is CC/C=C\C/C=C\C/C=C\C/C=C\CCCCCCCCCCCCCCCCCCC(=O)OC(COC(=O)CCCCCCCCCCCCCCCCCCCCCCCCCCCCCCCCCCCCCCCCC)COC(OCC[N+](C)(C)C)C(=O)[O-]. The molecule has 0 N–H and O–H groups in total. The van der Waals surface area contributed by atoms with E-state index in [1.165, 1.54) is 321 Å². The highest BCUT2D eigenvalue weighted by Gasteiger charge is 2.22. The van der Waals surface area contributed by atoms with Crippen molar-refractivity contribution in [1.82, 2.24) is 0 Å². The molecule has 2 unspecified atom stereocenters. The van der Waals surface area contributed by atoms with Crippen LogP contribution in [0.25, 0.3) is 0 Å². The maximum Gasteiger partial charge on any atom is 0.306 e. The van der Waals surface area contributed by atoms with E-state index >= 15 is 0 Å². The van der Waals surface area contributed by atoms with Gasteiger partial charge in [0.05, 0.1) is 40.3 Å². The van der Waals surface area contributed by atoms with E-state index in [-0.39, 0.29) is 32.2 Å². The number of nitrogens with zero attached hydrogens (tertiary/aromatic N) is 1. The molecule has 0 aliphatic heterocycles. The smallest absolute Gasteiger partial charge is 0.306 e. The van der Waals surface area contributed by atoms with Gasteiger partial charge in [-0.15, -0.1) is 0 Å². The van der Waals surface area contributed by atoms with Crippen molar-refractivity contribution in [2.45, 2.75) is 424 Å². The van der Waals surface area contributed by atoms with E-state index in [2.05, 4.69) is 62.5 Å². The first-order valence-corrected chi connectivity index (χ1v) is 40.8. The summed E-state index contributed by atoms with van der Waals surface area (Å²) in [5, 5.41) is 11.9. The Morgan fingerprint density at radius 2 is 0.613 bits per heavy atom. The van der Waals surface area contributed by atoms with Crippen LogP contribution in [-0.4, -0.2) is 82.3 Å². The van der Waals surface area contributed by atoms with Crippen molar-refractivity contribution in [2.75, 3.05) is 47.5 Å². The summed E-state index contributed by atoms with van der Waals surface area (Å²) in [6.45, 7) is 4.71. The van der Waals surface area contributed by atoms with E-state index in [1.807, 2.05) is 21.1 Å². The van der Waals surface area contributed by atoms with Crippen molar-refractivity contribution < 1.29 is 42.9 Å². The highest BCUT2D eigenvalue weighted by molar-refractivity contribution is 5.70. The molecule has 0 heterocycles. The van der Waals surface area contributed by atoms with Gasteiger partial charge in [0.2, 0.25) is 0 Å². The van der Waals surface area contributed by atoms with Gasteiger partial charge in [-0.05, 0) is 51.4 Å². The van der Waals surface area contributed by atoms with E-state index in [0.717, 1.165) is 57.8 Å². The fourth-order valence-electron chi connectivity index (χ4n) is 12.4. The normalized spacial score (nSPS) is 12.8. The number of carboxylic acid groups (broad SMARTS) is 1. The van der Waals surface area contributed by atoms with E-state index in [4.69, 9.17) is 18.9 Å². The average Bonchev–Trinajstić information content (AvgIpc) is 3.74. The van der Waals surface area contributed by atoms with E-state index in [1.54, 1.807) is 0 Å². The molecule has 0 saturated heterocycles. The number of likely N-dealkylation sites (N-methyl/N-ethyl adjacent to an activating group) is 1. The summed E-state index contributed by atoms with van der Waals surface area (Å²) in [4.78, 5) is 37.6. The zero-order valence-electron chi connectivity index (χ0n) is 62.7. The van der Waals surface area contributed by atoms with Crippen LogP contribution in [0.2, 0.25) is 0 Å². The first-order chi connectivity index (χ1) is 45.6. The standard InChI is InChI=1S/C84H157NO8/c1-6-8-10-12-14-16-18-20-22-24-26-28-30-32-34-36-37-38-39-40-41-42-43-44-45-47-48-50-52-54-56-58-60-62-64-66-68-70-72-74-81(86)91-78-80(79-92-84(83(88)89)90-77-76-85(3,4)5)93-82(87)75-73-71-69-67-65-63-61-59-57-55-53-51-49-46-35-33-31-29-27-25-23-21-19-17-15-13-11-9-7-2/h9,11,15,17,21,23,27,29,80,84H,6-8,10,12-14,16,18-20,22,24-26,28,30-79H2,1-5H3/b11-9-,17-15-,23-21-,29-27-. The number of ether oxygens (including phenoxy) is 4. The fourth-order valence-corrected chi connectivity index (χ4v) is 12.4. The third-order valence-corrected chi connectivity index (χ3v) is 18.6. The number of carboxylic acids is 1. The number of esters is 2. The zero-order chi connectivity index (χ0) is 67.5. The number of rotatable bonds is 77. The van der Waals surface area contributed by atoms with E-state index in [9.17, 15) is 19.5 Å². The Hall–Kier alpha value is -2.75. The first-order valence-electron chi connectivity index (χ1n) is 40.8. The summed E-state index contributed by atoms with van der Waals surface area (Å²) < 4.78 is 22.9.